The third kappa shape index (κ3) is 4.81. The summed E-state index contributed by atoms with van der Waals surface area (Å²) >= 11 is 0. The fourth-order valence-electron chi connectivity index (χ4n) is 1.26. The van der Waals surface area contributed by atoms with Crippen molar-refractivity contribution in [2.75, 3.05) is 0 Å². The quantitative estimate of drug-likeness (QED) is 0.244. The Labute approximate surface area is 83.6 Å². The number of carbonyl (C=O) groups is 2. The van der Waals surface area contributed by atoms with Crippen LogP contribution >= 0.6 is 0 Å². The minimum absolute atomic E-state index is 0.404. The molecule has 82 valence electrons. The van der Waals surface area contributed by atoms with Gasteiger partial charge in [0, 0.05) is 0 Å². The Hall–Kier alpha value is -1.10. The van der Waals surface area contributed by atoms with E-state index in [-0.39, 0.29) is 0 Å². The third-order valence-corrected chi connectivity index (χ3v) is 2.12. The van der Waals surface area contributed by atoms with Crippen molar-refractivity contribution in [1.29, 1.82) is 0 Å². The van der Waals surface area contributed by atoms with Crippen molar-refractivity contribution in [3.63, 3.8) is 0 Å². The zero-order valence-corrected chi connectivity index (χ0v) is 8.45. The normalized spacial score (nSPS) is 12.1. The number of amides is 2. The van der Waals surface area contributed by atoms with Gasteiger partial charge in [0.1, 0.15) is 5.92 Å². The molecule has 0 fully saturated rings. The monoisotopic (exact) mass is 202 g/mol. The Morgan fingerprint density at radius 1 is 1.36 bits per heavy atom. The molecule has 1 unspecified atom stereocenters. The first-order valence-electron chi connectivity index (χ1n) is 4.86. The summed E-state index contributed by atoms with van der Waals surface area (Å²) < 4.78 is 0. The van der Waals surface area contributed by atoms with Crippen LogP contribution in [0.2, 0.25) is 0 Å². The fourth-order valence-corrected chi connectivity index (χ4v) is 1.26. The van der Waals surface area contributed by atoms with Crippen LogP contribution in [0.5, 0.6) is 0 Å². The van der Waals surface area contributed by atoms with Crippen LogP contribution in [0, 0.1) is 5.92 Å². The predicted molar refractivity (Wildman–Crippen MR) is 51.4 cm³/mol. The molecule has 1 atom stereocenters. The van der Waals surface area contributed by atoms with E-state index in [1.807, 2.05) is 0 Å². The maximum Gasteiger partial charge on any atom is 0.255 e. The van der Waals surface area contributed by atoms with E-state index in [4.69, 9.17) is 10.9 Å². The van der Waals surface area contributed by atoms with Crippen molar-refractivity contribution in [3.8, 4) is 0 Å². The molecule has 0 aromatic carbocycles. The van der Waals surface area contributed by atoms with Gasteiger partial charge in [0.05, 0.1) is 0 Å². The molecule has 0 aliphatic heterocycles. The molecule has 0 saturated carbocycles. The number of nitrogens with one attached hydrogen (secondary N) is 1. The van der Waals surface area contributed by atoms with E-state index in [1.54, 1.807) is 0 Å². The van der Waals surface area contributed by atoms with Gasteiger partial charge in [-0.3, -0.25) is 14.8 Å². The Morgan fingerprint density at radius 2 is 2.00 bits per heavy atom. The number of rotatable bonds is 7. The van der Waals surface area contributed by atoms with Gasteiger partial charge in [0.15, 0.2) is 0 Å². The summed E-state index contributed by atoms with van der Waals surface area (Å²) in [6.07, 6.45) is 4.31. The Bertz CT molecular complexity index is 194. The van der Waals surface area contributed by atoms with Gasteiger partial charge in [-0.25, -0.2) is 5.48 Å². The third-order valence-electron chi connectivity index (χ3n) is 2.12. The topological polar surface area (TPSA) is 92.4 Å². The highest BCUT2D eigenvalue weighted by Gasteiger charge is 2.22. The largest absolute Gasteiger partial charge is 0.369 e. The van der Waals surface area contributed by atoms with Crippen LogP contribution in [-0.4, -0.2) is 17.0 Å². The van der Waals surface area contributed by atoms with Gasteiger partial charge in [-0.05, 0) is 6.42 Å². The maximum absolute atomic E-state index is 11.0. The number of hydrogen-bond acceptors (Lipinski definition) is 3. The lowest BCUT2D eigenvalue weighted by Crippen LogP contribution is -2.37. The molecular weight excluding hydrogens is 184 g/mol. The van der Waals surface area contributed by atoms with Crippen LogP contribution in [-0.2, 0) is 9.59 Å². The number of unbranched alkanes of at least 4 members (excludes halogenated alkanes) is 3. The van der Waals surface area contributed by atoms with E-state index in [0.717, 1.165) is 25.7 Å². The lowest BCUT2D eigenvalue weighted by atomic mass is 9.99. The van der Waals surface area contributed by atoms with Gasteiger partial charge in [-0.1, -0.05) is 32.6 Å². The first kappa shape index (κ1) is 12.9. The second-order valence-electron chi connectivity index (χ2n) is 3.28. The van der Waals surface area contributed by atoms with Crippen LogP contribution < -0.4 is 11.2 Å². The Morgan fingerprint density at radius 3 is 2.43 bits per heavy atom. The smallest absolute Gasteiger partial charge is 0.255 e. The summed E-state index contributed by atoms with van der Waals surface area (Å²) in [6, 6.07) is 0. The van der Waals surface area contributed by atoms with Crippen molar-refractivity contribution >= 4 is 11.8 Å². The minimum Gasteiger partial charge on any atom is -0.369 e. The highest BCUT2D eigenvalue weighted by molar-refractivity contribution is 5.98. The van der Waals surface area contributed by atoms with Gasteiger partial charge in [-0.15, -0.1) is 0 Å². The predicted octanol–water partition coefficient (Wildman–Crippen LogP) is 0.564. The molecule has 0 bridgehead atoms. The van der Waals surface area contributed by atoms with Crippen LogP contribution in [0.1, 0.15) is 39.0 Å². The number of carbonyl (C=O) groups excluding carboxylic acids is 2. The molecule has 2 amide bonds. The fraction of sp³-hybridized carbons (Fsp3) is 0.778. The molecule has 0 rings (SSSR count). The molecule has 0 radical (unpaired) electrons. The number of hydroxylamine groups is 1. The molecule has 4 N–H and O–H groups in total. The summed E-state index contributed by atoms with van der Waals surface area (Å²) in [7, 11) is 0. The molecule has 0 spiro atoms. The zero-order chi connectivity index (χ0) is 11.0. The Balaban J connectivity index is 3.86. The van der Waals surface area contributed by atoms with E-state index < -0.39 is 17.7 Å². The summed E-state index contributed by atoms with van der Waals surface area (Å²) in [5.41, 5.74) is 6.46. The van der Waals surface area contributed by atoms with Gasteiger partial charge in [0.25, 0.3) is 5.91 Å². The Kier molecular flexibility index (Phi) is 6.74. The lowest BCUT2D eigenvalue weighted by Gasteiger charge is -2.10. The van der Waals surface area contributed by atoms with E-state index >= 15 is 0 Å². The van der Waals surface area contributed by atoms with Gasteiger partial charge >= 0.3 is 0 Å². The van der Waals surface area contributed by atoms with Crippen LogP contribution in [0.3, 0.4) is 0 Å². The molecule has 0 aromatic heterocycles. The summed E-state index contributed by atoms with van der Waals surface area (Å²) in [6.45, 7) is 2.08. The molecule has 0 saturated heterocycles. The second-order valence-corrected chi connectivity index (χ2v) is 3.28. The second kappa shape index (κ2) is 7.32. The minimum atomic E-state index is -0.906. The molecule has 0 aliphatic rings. The van der Waals surface area contributed by atoms with Gasteiger partial charge in [0.2, 0.25) is 5.91 Å². The molecule has 14 heavy (non-hydrogen) atoms. The lowest BCUT2D eigenvalue weighted by molar-refractivity contribution is -0.139. The molecular formula is C9H18N2O3. The summed E-state index contributed by atoms with van der Waals surface area (Å²) in [5.74, 6) is -2.31. The molecule has 5 nitrogen and oxygen atoms in total. The average Bonchev–Trinajstić information content (AvgIpc) is 2.16. The van der Waals surface area contributed by atoms with Crippen molar-refractivity contribution < 1.29 is 14.8 Å². The van der Waals surface area contributed by atoms with Crippen LogP contribution in [0.15, 0.2) is 0 Å². The highest BCUT2D eigenvalue weighted by Crippen LogP contribution is 2.10. The number of hydrogen-bond donors (Lipinski definition) is 3. The average molecular weight is 202 g/mol. The zero-order valence-electron chi connectivity index (χ0n) is 8.45. The van der Waals surface area contributed by atoms with E-state index in [2.05, 4.69) is 6.92 Å². The van der Waals surface area contributed by atoms with Crippen molar-refractivity contribution in [3.05, 3.63) is 0 Å². The summed E-state index contributed by atoms with van der Waals surface area (Å²) in [5, 5.41) is 8.35. The molecule has 0 heterocycles. The summed E-state index contributed by atoms with van der Waals surface area (Å²) in [4.78, 5) is 21.8. The SMILES string of the molecule is CCCCCCC(C(N)=O)C(=O)NO. The van der Waals surface area contributed by atoms with Crippen molar-refractivity contribution in [1.82, 2.24) is 5.48 Å². The standard InChI is InChI=1S/C9H18N2O3/c1-2-3-4-5-6-7(8(10)12)9(13)11-14/h7,14H,2-6H2,1H3,(H2,10,12)(H,11,13). The van der Waals surface area contributed by atoms with Crippen molar-refractivity contribution in [2.24, 2.45) is 11.7 Å². The first-order chi connectivity index (χ1) is 6.63. The molecule has 5 heteroatoms. The number of nitrogens with two attached hydrogens (primary N) is 1. The van der Waals surface area contributed by atoms with E-state index in [0.29, 0.717) is 6.42 Å². The number of primary amides is 1. The van der Waals surface area contributed by atoms with Crippen molar-refractivity contribution in [2.45, 2.75) is 39.0 Å². The molecule has 0 aromatic rings. The highest BCUT2D eigenvalue weighted by atomic mass is 16.5. The van der Waals surface area contributed by atoms with Crippen LogP contribution in [0.25, 0.3) is 0 Å². The molecule has 0 aliphatic carbocycles. The van der Waals surface area contributed by atoms with E-state index in [1.165, 1.54) is 5.48 Å². The van der Waals surface area contributed by atoms with E-state index in [9.17, 15) is 9.59 Å². The van der Waals surface area contributed by atoms with Gasteiger partial charge in [-0.2, -0.15) is 0 Å². The van der Waals surface area contributed by atoms with Gasteiger partial charge < -0.3 is 5.73 Å². The maximum atomic E-state index is 11.0. The first-order valence-corrected chi connectivity index (χ1v) is 4.86. The van der Waals surface area contributed by atoms with Crippen LogP contribution in [0.4, 0.5) is 0 Å².